The van der Waals surface area contributed by atoms with Gasteiger partial charge in [-0.2, -0.15) is 0 Å². The Morgan fingerprint density at radius 1 is 1.50 bits per heavy atom. The van der Waals surface area contributed by atoms with Gasteiger partial charge in [0.25, 0.3) is 5.91 Å². The summed E-state index contributed by atoms with van der Waals surface area (Å²) in [6.45, 7) is 1.64. The zero-order valence-electron chi connectivity index (χ0n) is 6.65. The Hall–Kier alpha value is -1.40. The normalized spacial score (nSPS) is 11.1. The first-order valence-corrected chi connectivity index (χ1v) is 3.26. The molecule has 0 spiro atoms. The van der Waals surface area contributed by atoms with Crippen molar-refractivity contribution in [3.8, 4) is 0 Å². The zero-order valence-corrected chi connectivity index (χ0v) is 6.65. The van der Waals surface area contributed by atoms with E-state index in [2.05, 4.69) is 0 Å². The Kier molecular flexibility index (Phi) is 3.95. The van der Waals surface area contributed by atoms with E-state index in [-0.39, 0.29) is 12.0 Å². The Morgan fingerprint density at radius 2 is 2.00 bits per heavy atom. The van der Waals surface area contributed by atoms with Crippen molar-refractivity contribution in [3.63, 3.8) is 0 Å². The maximum atomic E-state index is 11.0. The molecule has 0 rings (SSSR count). The summed E-state index contributed by atoms with van der Waals surface area (Å²) >= 11 is 0. The minimum absolute atomic E-state index is 0.0625. The van der Waals surface area contributed by atoms with Crippen LogP contribution in [-0.4, -0.2) is 22.1 Å². The second kappa shape index (κ2) is 4.47. The molecule has 1 amide bonds. The summed E-state index contributed by atoms with van der Waals surface area (Å²) in [6.07, 6.45) is 1.06. The van der Waals surface area contributed by atoms with Gasteiger partial charge in [-0.25, -0.2) is 21.6 Å². The number of nitrogens with zero attached hydrogens (tertiary/aromatic N) is 1. The van der Waals surface area contributed by atoms with Gasteiger partial charge in [-0.3, -0.25) is 4.79 Å². The minimum Gasteiger partial charge on any atom is -0.478 e. The number of amides is 1. The summed E-state index contributed by atoms with van der Waals surface area (Å²) in [4.78, 5) is 21.1. The summed E-state index contributed by atoms with van der Waals surface area (Å²) in [5, 5.41) is 8.68. The maximum absolute atomic E-state index is 11.0. The highest BCUT2D eigenvalue weighted by Crippen LogP contribution is 2.01. The van der Waals surface area contributed by atoms with E-state index < -0.39 is 11.9 Å². The summed E-state index contributed by atoms with van der Waals surface area (Å²) in [7, 11) is 0. The highest BCUT2D eigenvalue weighted by Gasteiger charge is 2.11. The van der Waals surface area contributed by atoms with Gasteiger partial charge >= 0.3 is 5.97 Å². The summed E-state index contributed by atoms with van der Waals surface area (Å²) in [6, 6.07) is 0. The number of aliphatic carboxylic acids is 1. The molecule has 6 nitrogen and oxygen atoms in total. The zero-order chi connectivity index (χ0) is 9.72. The molecule has 0 aromatic heterocycles. The molecule has 0 aromatic carbocycles. The SMILES string of the molecule is CC/C(=C/C(=O)O)C(=O)N(N)N. The summed E-state index contributed by atoms with van der Waals surface area (Å²) in [5.74, 6) is 7.94. The third-order valence-corrected chi connectivity index (χ3v) is 1.19. The molecule has 0 aliphatic heterocycles. The van der Waals surface area contributed by atoms with E-state index in [1.165, 1.54) is 0 Å². The second-order valence-electron chi connectivity index (χ2n) is 2.07. The molecule has 5 N–H and O–H groups in total. The highest BCUT2D eigenvalue weighted by molar-refractivity contribution is 5.98. The fourth-order valence-electron chi connectivity index (χ4n) is 0.630. The average molecular weight is 173 g/mol. The molecular weight excluding hydrogens is 162 g/mol. The van der Waals surface area contributed by atoms with E-state index >= 15 is 0 Å². The van der Waals surface area contributed by atoms with E-state index in [9.17, 15) is 9.59 Å². The van der Waals surface area contributed by atoms with Gasteiger partial charge in [0.2, 0.25) is 0 Å². The third kappa shape index (κ3) is 3.13. The van der Waals surface area contributed by atoms with Crippen molar-refractivity contribution >= 4 is 11.9 Å². The molecule has 12 heavy (non-hydrogen) atoms. The van der Waals surface area contributed by atoms with Crippen molar-refractivity contribution in [1.82, 2.24) is 5.12 Å². The van der Waals surface area contributed by atoms with Crippen LogP contribution in [0, 0.1) is 0 Å². The number of nitrogens with two attached hydrogens (primary N) is 2. The first kappa shape index (κ1) is 10.6. The molecular formula is C6H11N3O3. The number of hydrogen-bond donors (Lipinski definition) is 3. The van der Waals surface area contributed by atoms with Crippen LogP contribution in [0.15, 0.2) is 11.6 Å². The lowest BCUT2D eigenvalue weighted by atomic mass is 10.2. The molecule has 0 heterocycles. The quantitative estimate of drug-likeness (QED) is 0.219. The van der Waals surface area contributed by atoms with E-state index in [0.29, 0.717) is 5.12 Å². The predicted octanol–water partition coefficient (Wildman–Crippen LogP) is -1.02. The average Bonchev–Trinajstić information content (AvgIpc) is 1.98. The molecule has 0 saturated heterocycles. The second-order valence-corrected chi connectivity index (χ2v) is 2.07. The number of carboxylic acid groups (broad SMARTS) is 1. The molecule has 0 saturated carbocycles. The number of carbonyl (C=O) groups is 2. The molecule has 6 heteroatoms. The Bertz CT molecular complexity index is 222. The molecule has 0 aliphatic carbocycles. The number of hydrazine groups is 2. The van der Waals surface area contributed by atoms with E-state index in [4.69, 9.17) is 16.8 Å². The smallest absolute Gasteiger partial charge is 0.328 e. The number of carboxylic acids is 1. The Balaban J connectivity index is 4.56. The molecule has 0 bridgehead atoms. The number of rotatable bonds is 3. The summed E-state index contributed by atoms with van der Waals surface area (Å²) < 4.78 is 0. The van der Waals surface area contributed by atoms with Gasteiger partial charge < -0.3 is 5.11 Å². The van der Waals surface area contributed by atoms with Crippen molar-refractivity contribution in [2.45, 2.75) is 13.3 Å². The van der Waals surface area contributed by atoms with E-state index in [0.717, 1.165) is 6.08 Å². The Labute approximate surface area is 69.4 Å². The van der Waals surface area contributed by atoms with Gasteiger partial charge in [0.05, 0.1) is 0 Å². The van der Waals surface area contributed by atoms with Gasteiger partial charge in [-0.1, -0.05) is 6.92 Å². The van der Waals surface area contributed by atoms with E-state index in [1.54, 1.807) is 6.92 Å². The lowest BCUT2D eigenvalue weighted by Gasteiger charge is -2.09. The largest absolute Gasteiger partial charge is 0.478 e. The minimum atomic E-state index is -1.19. The van der Waals surface area contributed by atoms with Crippen LogP contribution in [-0.2, 0) is 9.59 Å². The van der Waals surface area contributed by atoms with Crippen LogP contribution in [0.3, 0.4) is 0 Å². The van der Waals surface area contributed by atoms with Crippen LogP contribution in [0.4, 0.5) is 0 Å². The lowest BCUT2D eigenvalue weighted by Crippen LogP contribution is -2.44. The van der Waals surface area contributed by atoms with Crippen molar-refractivity contribution in [2.75, 3.05) is 0 Å². The predicted molar refractivity (Wildman–Crippen MR) is 41.2 cm³/mol. The van der Waals surface area contributed by atoms with Gasteiger partial charge in [-0.05, 0) is 6.42 Å². The summed E-state index contributed by atoms with van der Waals surface area (Å²) in [5.41, 5.74) is 0.0625. The number of carbonyl (C=O) groups excluding carboxylic acids is 1. The first-order chi connectivity index (χ1) is 5.49. The van der Waals surface area contributed by atoms with Gasteiger partial charge in [0, 0.05) is 11.6 Å². The standard InChI is InChI=1S/C6H11N3O3/c1-2-4(3-5(10)11)6(12)9(7)8/h3H,2,7-8H2,1H3,(H,10,11)/b4-3-. The third-order valence-electron chi connectivity index (χ3n) is 1.19. The van der Waals surface area contributed by atoms with Crippen molar-refractivity contribution in [1.29, 1.82) is 0 Å². The molecule has 0 fully saturated rings. The fourth-order valence-corrected chi connectivity index (χ4v) is 0.630. The van der Waals surface area contributed by atoms with E-state index in [1.807, 2.05) is 0 Å². The Morgan fingerprint density at radius 3 is 2.25 bits per heavy atom. The first-order valence-electron chi connectivity index (χ1n) is 3.26. The van der Waals surface area contributed by atoms with Crippen LogP contribution in [0.25, 0.3) is 0 Å². The van der Waals surface area contributed by atoms with Crippen LogP contribution in [0.2, 0.25) is 0 Å². The van der Waals surface area contributed by atoms with Crippen LogP contribution in [0.1, 0.15) is 13.3 Å². The van der Waals surface area contributed by atoms with Gasteiger partial charge in [0.1, 0.15) is 0 Å². The molecule has 0 aliphatic rings. The van der Waals surface area contributed by atoms with Gasteiger partial charge in [0.15, 0.2) is 0 Å². The molecule has 0 unspecified atom stereocenters. The molecule has 68 valence electrons. The topological polar surface area (TPSA) is 110 Å². The molecule has 0 radical (unpaired) electrons. The molecule has 0 aromatic rings. The van der Waals surface area contributed by atoms with Crippen molar-refractivity contribution in [3.05, 3.63) is 11.6 Å². The van der Waals surface area contributed by atoms with Crippen molar-refractivity contribution < 1.29 is 14.7 Å². The fraction of sp³-hybridized carbons (Fsp3) is 0.333. The lowest BCUT2D eigenvalue weighted by molar-refractivity contribution is -0.133. The van der Waals surface area contributed by atoms with Gasteiger partial charge in [-0.15, -0.1) is 0 Å². The van der Waals surface area contributed by atoms with Crippen LogP contribution >= 0.6 is 0 Å². The van der Waals surface area contributed by atoms with Crippen LogP contribution in [0.5, 0.6) is 0 Å². The monoisotopic (exact) mass is 173 g/mol. The number of hydrogen-bond acceptors (Lipinski definition) is 4. The van der Waals surface area contributed by atoms with Crippen molar-refractivity contribution in [2.24, 2.45) is 11.7 Å². The molecule has 0 atom stereocenters. The van der Waals surface area contributed by atoms with Crippen LogP contribution < -0.4 is 11.7 Å². The maximum Gasteiger partial charge on any atom is 0.328 e. The highest BCUT2D eigenvalue weighted by atomic mass is 16.4.